The van der Waals surface area contributed by atoms with E-state index in [1.165, 1.54) is 11.5 Å². The number of fused-ring (bicyclic) bond motifs is 1. The number of methoxy groups -OCH3 is 2. The Labute approximate surface area is 166 Å². The first kappa shape index (κ1) is 17.8. The molecule has 0 bridgehead atoms. The van der Waals surface area contributed by atoms with E-state index in [0.29, 0.717) is 22.9 Å². The molecule has 1 amide bonds. The summed E-state index contributed by atoms with van der Waals surface area (Å²) in [6, 6.07) is 13.2. The lowest BCUT2D eigenvalue weighted by Gasteiger charge is -2.25. The molecule has 2 aromatic carbocycles. The van der Waals surface area contributed by atoms with Crippen molar-refractivity contribution >= 4 is 34.7 Å². The van der Waals surface area contributed by atoms with Crippen molar-refractivity contribution in [1.29, 1.82) is 0 Å². The van der Waals surface area contributed by atoms with Crippen LogP contribution in [0.4, 0.5) is 5.69 Å². The normalized spacial score (nSPS) is 15.8. The molecule has 3 aromatic rings. The van der Waals surface area contributed by atoms with E-state index in [1.54, 1.807) is 14.2 Å². The minimum Gasteiger partial charge on any atom is -0.493 e. The molecule has 0 saturated heterocycles. The van der Waals surface area contributed by atoms with Gasteiger partial charge in [-0.2, -0.15) is 4.37 Å². The largest absolute Gasteiger partial charge is 0.493 e. The standard InChI is InChI=1S/C20H17ClN2O3S/c1-25-15-8-4-7-13(19(15)26-2)14-10-16(24)22-18-17(23-27-20(14)18)11-5-3-6-12(21)9-11/h3-9,14H,10H2,1-2H3,(H,22,24). The lowest BCUT2D eigenvalue weighted by molar-refractivity contribution is -0.116. The average Bonchev–Trinajstić information content (AvgIpc) is 3.10. The molecule has 0 spiro atoms. The fourth-order valence-corrected chi connectivity index (χ4v) is 4.55. The van der Waals surface area contributed by atoms with Crippen molar-refractivity contribution in [3.63, 3.8) is 0 Å². The highest BCUT2D eigenvalue weighted by Crippen LogP contribution is 2.48. The SMILES string of the molecule is COc1cccc(C2CC(=O)Nc3c(-c4cccc(Cl)c4)nsc32)c1OC. The Morgan fingerprint density at radius 1 is 1.19 bits per heavy atom. The number of hydrogen-bond acceptors (Lipinski definition) is 5. The van der Waals surface area contributed by atoms with Gasteiger partial charge in [0.05, 0.1) is 24.8 Å². The van der Waals surface area contributed by atoms with Crippen LogP contribution in [0.3, 0.4) is 0 Å². The maximum Gasteiger partial charge on any atom is 0.225 e. The number of anilines is 1. The molecule has 1 N–H and O–H groups in total. The smallest absolute Gasteiger partial charge is 0.225 e. The number of aromatic nitrogens is 1. The molecule has 1 aliphatic rings. The number of para-hydroxylation sites is 1. The molecule has 2 heterocycles. The van der Waals surface area contributed by atoms with Crippen molar-refractivity contribution in [3.05, 3.63) is 57.9 Å². The van der Waals surface area contributed by atoms with E-state index in [9.17, 15) is 4.79 Å². The first-order valence-corrected chi connectivity index (χ1v) is 9.53. The van der Waals surface area contributed by atoms with Crippen molar-refractivity contribution in [2.45, 2.75) is 12.3 Å². The predicted octanol–water partition coefficient (Wildman–Crippen LogP) is 4.95. The van der Waals surface area contributed by atoms with E-state index in [1.807, 2.05) is 42.5 Å². The van der Waals surface area contributed by atoms with Crippen LogP contribution in [0, 0.1) is 0 Å². The Hall–Kier alpha value is -2.57. The zero-order valence-electron chi connectivity index (χ0n) is 14.8. The summed E-state index contributed by atoms with van der Waals surface area (Å²) in [5, 5.41) is 3.61. The lowest BCUT2D eigenvalue weighted by atomic mass is 9.88. The molecule has 0 fully saturated rings. The highest BCUT2D eigenvalue weighted by Gasteiger charge is 2.33. The van der Waals surface area contributed by atoms with E-state index in [4.69, 9.17) is 21.1 Å². The summed E-state index contributed by atoms with van der Waals surface area (Å²) in [6.45, 7) is 0. The van der Waals surface area contributed by atoms with Crippen LogP contribution in [0.15, 0.2) is 42.5 Å². The molecule has 27 heavy (non-hydrogen) atoms. The van der Waals surface area contributed by atoms with Gasteiger partial charge in [0.1, 0.15) is 5.69 Å². The molecule has 1 aromatic heterocycles. The summed E-state index contributed by atoms with van der Waals surface area (Å²) >= 11 is 7.52. The van der Waals surface area contributed by atoms with Crippen molar-refractivity contribution < 1.29 is 14.3 Å². The molecule has 0 radical (unpaired) electrons. The number of rotatable bonds is 4. The number of carbonyl (C=O) groups excluding carboxylic acids is 1. The van der Waals surface area contributed by atoms with Crippen LogP contribution in [-0.4, -0.2) is 24.5 Å². The molecule has 0 aliphatic carbocycles. The Balaban J connectivity index is 1.85. The number of nitrogens with one attached hydrogen (secondary N) is 1. The third-order valence-corrected chi connectivity index (χ3v) is 5.79. The quantitative estimate of drug-likeness (QED) is 0.672. The van der Waals surface area contributed by atoms with Gasteiger partial charge in [0.15, 0.2) is 11.5 Å². The summed E-state index contributed by atoms with van der Waals surface area (Å²) in [5.41, 5.74) is 3.26. The first-order chi connectivity index (χ1) is 13.1. The third kappa shape index (κ3) is 3.15. The summed E-state index contributed by atoms with van der Waals surface area (Å²) in [6.07, 6.45) is 0.327. The zero-order chi connectivity index (χ0) is 19.0. The molecule has 1 unspecified atom stereocenters. The molecule has 1 atom stereocenters. The second kappa shape index (κ2) is 7.21. The first-order valence-electron chi connectivity index (χ1n) is 8.38. The monoisotopic (exact) mass is 400 g/mol. The minimum absolute atomic E-state index is 0.0548. The molecule has 0 saturated carbocycles. The Bertz CT molecular complexity index is 1020. The van der Waals surface area contributed by atoms with Crippen LogP contribution >= 0.6 is 23.1 Å². The van der Waals surface area contributed by atoms with Gasteiger partial charge < -0.3 is 14.8 Å². The highest BCUT2D eigenvalue weighted by molar-refractivity contribution is 7.07. The van der Waals surface area contributed by atoms with Crippen LogP contribution in [0.25, 0.3) is 11.3 Å². The number of hydrogen-bond donors (Lipinski definition) is 1. The van der Waals surface area contributed by atoms with E-state index in [0.717, 1.165) is 27.4 Å². The molecular weight excluding hydrogens is 384 g/mol. The Morgan fingerprint density at radius 3 is 2.74 bits per heavy atom. The van der Waals surface area contributed by atoms with Gasteiger partial charge in [0, 0.05) is 28.5 Å². The highest BCUT2D eigenvalue weighted by atomic mass is 35.5. The zero-order valence-corrected chi connectivity index (χ0v) is 16.4. The molecule has 4 rings (SSSR count). The maximum atomic E-state index is 12.5. The number of benzene rings is 2. The van der Waals surface area contributed by atoms with E-state index in [2.05, 4.69) is 9.69 Å². The van der Waals surface area contributed by atoms with Gasteiger partial charge in [0.25, 0.3) is 0 Å². The molecular formula is C20H17ClN2O3S. The molecule has 138 valence electrons. The number of carbonyl (C=O) groups is 1. The van der Waals surface area contributed by atoms with Crippen molar-refractivity contribution in [3.8, 4) is 22.8 Å². The fraction of sp³-hybridized carbons (Fsp3) is 0.200. The van der Waals surface area contributed by atoms with Gasteiger partial charge in [0.2, 0.25) is 5.91 Å². The molecule has 1 aliphatic heterocycles. The van der Waals surface area contributed by atoms with Gasteiger partial charge in [-0.3, -0.25) is 4.79 Å². The second-order valence-electron chi connectivity index (χ2n) is 6.17. The Kier molecular flexibility index (Phi) is 4.76. The summed E-state index contributed by atoms with van der Waals surface area (Å²) in [5.74, 6) is 1.08. The number of halogens is 1. The number of ether oxygens (including phenoxy) is 2. The van der Waals surface area contributed by atoms with Crippen LogP contribution in [0.1, 0.15) is 22.8 Å². The van der Waals surface area contributed by atoms with Gasteiger partial charge in [-0.1, -0.05) is 35.9 Å². The predicted molar refractivity (Wildman–Crippen MR) is 107 cm³/mol. The van der Waals surface area contributed by atoms with Gasteiger partial charge in [-0.05, 0) is 29.7 Å². The van der Waals surface area contributed by atoms with E-state index < -0.39 is 0 Å². The van der Waals surface area contributed by atoms with Crippen molar-refractivity contribution in [1.82, 2.24) is 4.37 Å². The topological polar surface area (TPSA) is 60.5 Å². The number of amides is 1. The fourth-order valence-electron chi connectivity index (χ4n) is 3.40. The van der Waals surface area contributed by atoms with Crippen LogP contribution < -0.4 is 14.8 Å². The third-order valence-electron chi connectivity index (χ3n) is 4.60. The lowest BCUT2D eigenvalue weighted by Crippen LogP contribution is -2.22. The van der Waals surface area contributed by atoms with Crippen LogP contribution in [-0.2, 0) is 4.79 Å². The second-order valence-corrected chi connectivity index (χ2v) is 7.41. The summed E-state index contributed by atoms with van der Waals surface area (Å²) in [7, 11) is 3.21. The van der Waals surface area contributed by atoms with Crippen molar-refractivity contribution in [2.75, 3.05) is 19.5 Å². The summed E-state index contributed by atoms with van der Waals surface area (Å²) in [4.78, 5) is 13.5. The van der Waals surface area contributed by atoms with Gasteiger partial charge in [-0.15, -0.1) is 0 Å². The van der Waals surface area contributed by atoms with Crippen LogP contribution in [0.2, 0.25) is 5.02 Å². The van der Waals surface area contributed by atoms with E-state index in [-0.39, 0.29) is 11.8 Å². The minimum atomic E-state index is -0.149. The van der Waals surface area contributed by atoms with Crippen LogP contribution in [0.5, 0.6) is 11.5 Å². The van der Waals surface area contributed by atoms with Gasteiger partial charge in [-0.25, -0.2) is 0 Å². The summed E-state index contributed by atoms with van der Waals surface area (Å²) < 4.78 is 15.6. The average molecular weight is 401 g/mol. The molecule has 7 heteroatoms. The number of nitrogens with zero attached hydrogens (tertiary/aromatic N) is 1. The van der Waals surface area contributed by atoms with E-state index >= 15 is 0 Å². The molecule has 5 nitrogen and oxygen atoms in total. The Morgan fingerprint density at radius 2 is 2.00 bits per heavy atom. The van der Waals surface area contributed by atoms with Crippen molar-refractivity contribution in [2.24, 2.45) is 0 Å². The van der Waals surface area contributed by atoms with Gasteiger partial charge >= 0.3 is 0 Å². The maximum absolute atomic E-state index is 12.5.